The molecule has 41 heavy (non-hydrogen) atoms. The number of ether oxygens (including phenoxy) is 4. The van der Waals surface area contributed by atoms with Crippen LogP contribution >= 0.6 is 11.3 Å². The van der Waals surface area contributed by atoms with Crippen molar-refractivity contribution >= 4 is 31.4 Å². The Hall–Kier alpha value is -3.11. The third-order valence-corrected chi connectivity index (χ3v) is 11.6. The smallest absolute Gasteiger partial charge is 0.253 e. The number of hydrogen-bond acceptors (Lipinski definition) is 7. The molecule has 9 heteroatoms. The monoisotopic (exact) mass is 595 g/mol. The zero-order chi connectivity index (χ0) is 29.1. The minimum atomic E-state index is -3.86. The Bertz CT molecular complexity index is 1600. The molecule has 0 radical (unpaired) electrons. The lowest BCUT2D eigenvalue weighted by Gasteiger charge is -2.33. The summed E-state index contributed by atoms with van der Waals surface area (Å²) in [5, 5.41) is 0.895. The SMILES string of the molecule is COc1ccc(C(C)O[C@H]2CCC[C@@H]2N(Cc2ccccc2)S(=O)(=O)c2sc3ccc(OC)cc3c2C)c(OC)c1. The van der Waals surface area contributed by atoms with E-state index in [0.717, 1.165) is 46.0 Å². The second kappa shape index (κ2) is 12.4. The number of benzene rings is 3. The number of sulfonamides is 1. The van der Waals surface area contributed by atoms with E-state index in [1.54, 1.807) is 25.6 Å². The summed E-state index contributed by atoms with van der Waals surface area (Å²) in [6.07, 6.45) is 1.80. The van der Waals surface area contributed by atoms with Crippen LogP contribution in [0, 0.1) is 6.92 Å². The molecule has 5 rings (SSSR count). The minimum Gasteiger partial charge on any atom is -0.497 e. The van der Waals surface area contributed by atoms with Gasteiger partial charge < -0.3 is 18.9 Å². The highest BCUT2D eigenvalue weighted by Gasteiger charge is 2.42. The Labute approximate surface area is 246 Å². The normalized spacial score (nSPS) is 18.1. The predicted octanol–water partition coefficient (Wildman–Crippen LogP) is 7.13. The van der Waals surface area contributed by atoms with Gasteiger partial charge in [0, 0.05) is 28.3 Å². The van der Waals surface area contributed by atoms with Crippen molar-refractivity contribution in [1.82, 2.24) is 4.31 Å². The molecule has 1 aliphatic rings. The number of thiophene rings is 1. The standard InChI is InChI=1S/C32H37NO6S2/c1-21-27-18-24(36-3)15-17-31(27)40-32(21)41(34,35)33(20-23-10-7-6-8-11-23)28-12-9-13-29(28)39-22(2)26-16-14-25(37-4)19-30(26)38-5/h6-8,10-11,14-19,22,28-29H,9,12-13,20H2,1-5H3/t22?,28-,29-/m0/s1. The number of fused-ring (bicyclic) bond motifs is 1. The molecule has 0 bridgehead atoms. The maximum atomic E-state index is 14.6. The van der Waals surface area contributed by atoms with E-state index in [1.165, 1.54) is 11.3 Å². The van der Waals surface area contributed by atoms with Crippen LogP contribution in [0.25, 0.3) is 10.1 Å². The van der Waals surface area contributed by atoms with Crippen molar-refractivity contribution in [2.45, 2.75) is 62.1 Å². The van der Waals surface area contributed by atoms with E-state index in [0.29, 0.717) is 21.5 Å². The van der Waals surface area contributed by atoms with Gasteiger partial charge in [-0.1, -0.05) is 30.3 Å². The summed E-state index contributed by atoms with van der Waals surface area (Å²) in [6.45, 7) is 4.14. The van der Waals surface area contributed by atoms with E-state index in [2.05, 4.69) is 0 Å². The molecule has 1 saturated carbocycles. The highest BCUT2D eigenvalue weighted by Crippen LogP contribution is 2.42. The molecule has 7 nitrogen and oxygen atoms in total. The summed E-state index contributed by atoms with van der Waals surface area (Å²) >= 11 is 1.31. The Morgan fingerprint density at radius 1 is 0.927 bits per heavy atom. The van der Waals surface area contributed by atoms with Crippen LogP contribution in [0.4, 0.5) is 0 Å². The van der Waals surface area contributed by atoms with Gasteiger partial charge in [-0.15, -0.1) is 11.3 Å². The maximum Gasteiger partial charge on any atom is 0.253 e. The molecule has 1 aromatic heterocycles. The van der Waals surface area contributed by atoms with Crippen LogP contribution in [0.1, 0.15) is 49.0 Å². The first-order valence-electron chi connectivity index (χ1n) is 13.8. The fourth-order valence-corrected chi connectivity index (χ4v) is 9.21. The highest BCUT2D eigenvalue weighted by molar-refractivity contribution is 7.91. The number of aryl methyl sites for hydroxylation is 1. The number of nitrogens with zero attached hydrogens (tertiary/aromatic N) is 1. The number of rotatable bonds is 11. The fraction of sp³-hybridized carbons (Fsp3) is 0.375. The molecule has 0 spiro atoms. The average Bonchev–Trinajstić information content (AvgIpc) is 3.59. The largest absolute Gasteiger partial charge is 0.497 e. The van der Waals surface area contributed by atoms with Crippen LogP contribution in [-0.4, -0.2) is 46.2 Å². The highest BCUT2D eigenvalue weighted by atomic mass is 32.2. The molecule has 1 fully saturated rings. The van der Waals surface area contributed by atoms with Gasteiger partial charge in [-0.25, -0.2) is 8.42 Å². The number of hydrogen-bond donors (Lipinski definition) is 0. The van der Waals surface area contributed by atoms with Gasteiger partial charge in [-0.2, -0.15) is 4.31 Å². The van der Waals surface area contributed by atoms with Crippen LogP contribution < -0.4 is 14.2 Å². The van der Waals surface area contributed by atoms with Crippen LogP contribution in [0.3, 0.4) is 0 Å². The van der Waals surface area contributed by atoms with Crippen molar-refractivity contribution in [2.75, 3.05) is 21.3 Å². The van der Waals surface area contributed by atoms with Crippen molar-refractivity contribution in [3.63, 3.8) is 0 Å². The summed E-state index contributed by atoms with van der Waals surface area (Å²) in [4.78, 5) is 0. The lowest BCUT2D eigenvalue weighted by Crippen LogP contribution is -2.45. The van der Waals surface area contributed by atoms with Crippen LogP contribution in [0.2, 0.25) is 0 Å². The third kappa shape index (κ3) is 5.95. The predicted molar refractivity (Wildman–Crippen MR) is 163 cm³/mol. The van der Waals surface area contributed by atoms with Crippen molar-refractivity contribution in [2.24, 2.45) is 0 Å². The summed E-state index contributed by atoms with van der Waals surface area (Å²) < 4.78 is 55.1. The van der Waals surface area contributed by atoms with E-state index in [9.17, 15) is 8.42 Å². The van der Waals surface area contributed by atoms with Gasteiger partial charge in [0.2, 0.25) is 0 Å². The van der Waals surface area contributed by atoms with Crippen LogP contribution in [0.15, 0.2) is 70.9 Å². The van der Waals surface area contributed by atoms with E-state index in [1.807, 2.05) is 80.6 Å². The Kier molecular flexibility index (Phi) is 8.89. The van der Waals surface area contributed by atoms with E-state index in [4.69, 9.17) is 18.9 Å². The summed E-state index contributed by atoms with van der Waals surface area (Å²) in [5.74, 6) is 2.08. The molecule has 0 saturated heterocycles. The molecule has 3 atom stereocenters. The van der Waals surface area contributed by atoms with Crippen LogP contribution in [0.5, 0.6) is 17.2 Å². The first kappa shape index (κ1) is 29.4. The van der Waals surface area contributed by atoms with E-state index in [-0.39, 0.29) is 24.8 Å². The molecule has 1 aliphatic carbocycles. The Morgan fingerprint density at radius 3 is 2.34 bits per heavy atom. The van der Waals surface area contributed by atoms with Crippen molar-refractivity contribution in [1.29, 1.82) is 0 Å². The van der Waals surface area contributed by atoms with Gasteiger partial charge in [0.05, 0.1) is 39.6 Å². The maximum absolute atomic E-state index is 14.6. The zero-order valence-electron chi connectivity index (χ0n) is 24.1. The van der Waals surface area contributed by atoms with Gasteiger partial charge in [0.15, 0.2) is 0 Å². The van der Waals surface area contributed by atoms with Gasteiger partial charge in [-0.3, -0.25) is 0 Å². The minimum absolute atomic E-state index is 0.269. The van der Waals surface area contributed by atoms with Gasteiger partial charge in [0.1, 0.15) is 21.5 Å². The molecule has 1 heterocycles. The molecular weight excluding hydrogens is 558 g/mol. The first-order valence-corrected chi connectivity index (χ1v) is 16.0. The van der Waals surface area contributed by atoms with Crippen molar-refractivity contribution < 1.29 is 27.4 Å². The lowest BCUT2D eigenvalue weighted by molar-refractivity contribution is -0.0280. The van der Waals surface area contributed by atoms with Gasteiger partial charge >= 0.3 is 0 Å². The lowest BCUT2D eigenvalue weighted by atomic mass is 10.1. The Morgan fingerprint density at radius 2 is 1.63 bits per heavy atom. The van der Waals surface area contributed by atoms with Crippen molar-refractivity contribution in [3.8, 4) is 17.2 Å². The van der Waals surface area contributed by atoms with E-state index < -0.39 is 10.0 Å². The van der Waals surface area contributed by atoms with Gasteiger partial charge in [-0.05, 0) is 74.6 Å². The molecule has 0 aliphatic heterocycles. The average molecular weight is 596 g/mol. The molecule has 0 N–H and O–H groups in total. The second-order valence-corrected chi connectivity index (χ2v) is 13.5. The molecule has 4 aromatic rings. The van der Waals surface area contributed by atoms with Crippen molar-refractivity contribution in [3.05, 3.63) is 83.4 Å². The molecule has 3 aromatic carbocycles. The zero-order valence-corrected chi connectivity index (χ0v) is 25.8. The van der Waals surface area contributed by atoms with E-state index >= 15 is 0 Å². The second-order valence-electron chi connectivity index (χ2n) is 10.3. The summed E-state index contributed by atoms with van der Waals surface area (Å²) in [7, 11) is 1.00. The molecule has 1 unspecified atom stereocenters. The molecule has 218 valence electrons. The topological polar surface area (TPSA) is 74.3 Å². The summed E-state index contributed by atoms with van der Waals surface area (Å²) in [5.41, 5.74) is 2.58. The fourth-order valence-electron chi connectivity index (χ4n) is 5.69. The van der Waals surface area contributed by atoms with Crippen LogP contribution in [-0.2, 0) is 21.3 Å². The first-order chi connectivity index (χ1) is 19.8. The van der Waals surface area contributed by atoms with Gasteiger partial charge in [0.25, 0.3) is 10.0 Å². The molecule has 0 amide bonds. The Balaban J connectivity index is 1.51. The summed E-state index contributed by atoms with van der Waals surface area (Å²) in [6, 6.07) is 20.8. The third-order valence-electron chi connectivity index (χ3n) is 7.87. The molecular formula is C32H37NO6S2. The quantitative estimate of drug-likeness (QED) is 0.184. The number of methoxy groups -OCH3 is 3.